The molecule has 0 radical (unpaired) electrons. The van der Waals surface area contributed by atoms with Crippen molar-refractivity contribution in [3.8, 4) is 0 Å². The summed E-state index contributed by atoms with van der Waals surface area (Å²) in [6.45, 7) is 4.68. The first kappa shape index (κ1) is 23.5. The number of nitrogens with one attached hydrogen (secondary N) is 2. The van der Waals surface area contributed by atoms with Gasteiger partial charge in [-0.1, -0.05) is 0 Å². The van der Waals surface area contributed by atoms with Crippen molar-refractivity contribution in [2.24, 2.45) is 10.4 Å². The monoisotopic (exact) mass is 422 g/mol. The van der Waals surface area contributed by atoms with Crippen LogP contribution in [-0.4, -0.2) is 75.3 Å². The van der Waals surface area contributed by atoms with Gasteiger partial charge >= 0.3 is 5.97 Å². The number of ether oxygens (including phenoxy) is 1. The number of H-pyrrole nitrogens is 1. The second-order valence-electron chi connectivity index (χ2n) is 8.14. The zero-order valence-electron chi connectivity index (χ0n) is 18.0. The van der Waals surface area contributed by atoms with Gasteiger partial charge in [0.2, 0.25) is 5.95 Å². The standard InChI is InChI=1S/C19H30N6O5/c1-19(2,3)17(29)30-11-25-16(28)15-14(23-18(25)22-10-24(4)5)12(7-21-15)6-20-13(8-26)9-27/h7,10,13,20-21,26-27H,6,8-9,11H2,1-5H3/b22-10+. The highest BCUT2D eigenvalue weighted by atomic mass is 16.5. The van der Waals surface area contributed by atoms with Crippen LogP contribution >= 0.6 is 0 Å². The summed E-state index contributed by atoms with van der Waals surface area (Å²) in [4.78, 5) is 38.5. The minimum absolute atomic E-state index is 0.0876. The van der Waals surface area contributed by atoms with E-state index in [0.29, 0.717) is 11.1 Å². The van der Waals surface area contributed by atoms with E-state index in [1.165, 1.54) is 10.9 Å². The van der Waals surface area contributed by atoms with E-state index in [1.54, 1.807) is 46.0 Å². The Morgan fingerprint density at radius 2 is 2.07 bits per heavy atom. The van der Waals surface area contributed by atoms with Crippen LogP contribution in [0.2, 0.25) is 0 Å². The van der Waals surface area contributed by atoms with Gasteiger partial charge in [-0.25, -0.2) is 14.5 Å². The fourth-order valence-electron chi connectivity index (χ4n) is 2.43. The molecular formula is C19H30N6O5. The minimum Gasteiger partial charge on any atom is -0.443 e. The molecule has 0 atom stereocenters. The lowest BCUT2D eigenvalue weighted by atomic mass is 9.98. The third-order valence-corrected chi connectivity index (χ3v) is 4.21. The summed E-state index contributed by atoms with van der Waals surface area (Å²) in [6, 6.07) is -0.488. The van der Waals surface area contributed by atoms with Crippen LogP contribution in [0.15, 0.2) is 16.0 Å². The highest BCUT2D eigenvalue weighted by Crippen LogP contribution is 2.19. The van der Waals surface area contributed by atoms with Gasteiger partial charge in [0.25, 0.3) is 5.56 Å². The third kappa shape index (κ3) is 5.65. The second kappa shape index (κ2) is 9.83. The molecule has 2 aromatic heterocycles. The van der Waals surface area contributed by atoms with E-state index in [0.717, 1.165) is 0 Å². The molecule has 2 heterocycles. The van der Waals surface area contributed by atoms with Crippen LogP contribution in [0.25, 0.3) is 11.0 Å². The molecule has 0 amide bonds. The van der Waals surface area contributed by atoms with Crippen molar-refractivity contribution >= 4 is 29.3 Å². The quantitative estimate of drug-likeness (QED) is 0.250. The number of aliphatic hydroxyl groups is 2. The third-order valence-electron chi connectivity index (χ3n) is 4.21. The summed E-state index contributed by atoms with van der Waals surface area (Å²) in [7, 11) is 3.55. The van der Waals surface area contributed by atoms with Gasteiger partial charge in [-0.05, 0) is 20.8 Å². The molecule has 0 aliphatic rings. The van der Waals surface area contributed by atoms with Gasteiger partial charge in [-0.3, -0.25) is 9.59 Å². The molecule has 11 heteroatoms. The fraction of sp³-hybridized carbons (Fsp3) is 0.579. The van der Waals surface area contributed by atoms with Crippen LogP contribution in [0.3, 0.4) is 0 Å². The predicted octanol–water partition coefficient (Wildman–Crippen LogP) is -0.0644. The zero-order valence-corrected chi connectivity index (χ0v) is 18.0. The molecular weight excluding hydrogens is 392 g/mol. The zero-order chi connectivity index (χ0) is 22.5. The second-order valence-corrected chi connectivity index (χ2v) is 8.14. The number of aliphatic imine (C=N–C) groups is 1. The number of rotatable bonds is 9. The average molecular weight is 422 g/mol. The first-order chi connectivity index (χ1) is 14.1. The molecule has 0 aliphatic heterocycles. The molecule has 0 aliphatic carbocycles. The molecule has 166 valence electrons. The van der Waals surface area contributed by atoms with Crippen molar-refractivity contribution in [2.45, 2.75) is 40.1 Å². The van der Waals surface area contributed by atoms with Gasteiger partial charge in [0, 0.05) is 32.4 Å². The molecule has 0 spiro atoms. The maximum absolute atomic E-state index is 13.0. The topological polar surface area (TPSA) is 145 Å². The normalized spacial score (nSPS) is 12.3. The Kier molecular flexibility index (Phi) is 7.71. The summed E-state index contributed by atoms with van der Waals surface area (Å²) >= 11 is 0. The minimum atomic E-state index is -0.713. The van der Waals surface area contributed by atoms with Gasteiger partial charge in [-0.15, -0.1) is 0 Å². The Labute approximate surface area is 174 Å². The maximum Gasteiger partial charge on any atom is 0.312 e. The average Bonchev–Trinajstić information content (AvgIpc) is 3.08. The van der Waals surface area contributed by atoms with E-state index < -0.39 is 23.0 Å². The smallest absolute Gasteiger partial charge is 0.312 e. The molecule has 4 N–H and O–H groups in total. The van der Waals surface area contributed by atoms with Gasteiger partial charge in [0.1, 0.15) is 11.0 Å². The molecule has 0 bridgehead atoms. The van der Waals surface area contributed by atoms with Gasteiger partial charge < -0.3 is 30.2 Å². The van der Waals surface area contributed by atoms with Crippen molar-refractivity contribution in [3.05, 3.63) is 22.1 Å². The Bertz CT molecular complexity index is 953. The largest absolute Gasteiger partial charge is 0.443 e. The van der Waals surface area contributed by atoms with E-state index in [4.69, 9.17) is 4.74 Å². The Morgan fingerprint density at radius 3 is 2.63 bits per heavy atom. The lowest BCUT2D eigenvalue weighted by Gasteiger charge is -2.18. The van der Waals surface area contributed by atoms with Crippen LogP contribution in [0, 0.1) is 5.41 Å². The summed E-state index contributed by atoms with van der Waals surface area (Å²) in [5, 5.41) is 21.4. The molecule has 0 saturated carbocycles. The van der Waals surface area contributed by atoms with E-state index in [-0.39, 0.29) is 38.0 Å². The molecule has 11 nitrogen and oxygen atoms in total. The number of aromatic amines is 1. The SMILES string of the molecule is CN(C)/C=N/c1nc2c(CNC(CO)CO)c[nH]c2c(=O)n1COC(=O)C(C)(C)C. The van der Waals surface area contributed by atoms with Crippen LogP contribution < -0.4 is 10.9 Å². The summed E-state index contributed by atoms with van der Waals surface area (Å²) < 4.78 is 6.48. The van der Waals surface area contributed by atoms with E-state index in [1.807, 2.05) is 0 Å². The number of carbonyl (C=O) groups excluding carboxylic acids is 1. The lowest BCUT2D eigenvalue weighted by molar-refractivity contribution is -0.157. The number of hydrogen-bond donors (Lipinski definition) is 4. The number of fused-ring (bicyclic) bond motifs is 1. The summed E-state index contributed by atoms with van der Waals surface area (Å²) in [6.07, 6.45) is 3.12. The van der Waals surface area contributed by atoms with Crippen LogP contribution in [0.5, 0.6) is 0 Å². The highest BCUT2D eigenvalue weighted by Gasteiger charge is 2.24. The Hall–Kier alpha value is -2.76. The van der Waals surface area contributed by atoms with Crippen molar-refractivity contribution in [1.29, 1.82) is 0 Å². The van der Waals surface area contributed by atoms with Gasteiger partial charge in [-0.2, -0.15) is 0 Å². The van der Waals surface area contributed by atoms with Crippen molar-refractivity contribution in [2.75, 3.05) is 27.3 Å². The maximum atomic E-state index is 13.0. The molecule has 0 unspecified atom stereocenters. The Balaban J connectivity index is 2.45. The van der Waals surface area contributed by atoms with Crippen LogP contribution in [0.1, 0.15) is 26.3 Å². The van der Waals surface area contributed by atoms with Crippen molar-refractivity contribution in [1.82, 2.24) is 24.8 Å². The van der Waals surface area contributed by atoms with Gasteiger partial charge in [0.15, 0.2) is 6.73 Å². The fourth-order valence-corrected chi connectivity index (χ4v) is 2.43. The molecule has 0 saturated heterocycles. The van der Waals surface area contributed by atoms with Crippen LogP contribution in [0.4, 0.5) is 5.95 Å². The first-order valence-electron chi connectivity index (χ1n) is 9.52. The highest BCUT2D eigenvalue weighted by molar-refractivity contribution is 5.79. The molecule has 0 aromatic carbocycles. The number of aromatic nitrogens is 3. The lowest BCUT2D eigenvalue weighted by Crippen LogP contribution is -2.35. The van der Waals surface area contributed by atoms with Gasteiger partial charge in [0.05, 0.1) is 31.0 Å². The predicted molar refractivity (Wildman–Crippen MR) is 113 cm³/mol. The number of hydrogen-bond acceptors (Lipinski definition) is 8. The number of aliphatic hydroxyl groups excluding tert-OH is 2. The van der Waals surface area contributed by atoms with E-state index in [9.17, 15) is 19.8 Å². The molecule has 2 aromatic rings. The van der Waals surface area contributed by atoms with E-state index in [2.05, 4.69) is 20.3 Å². The summed E-state index contributed by atoms with van der Waals surface area (Å²) in [5.41, 5.74) is 0.183. The van der Waals surface area contributed by atoms with E-state index >= 15 is 0 Å². The molecule has 0 fully saturated rings. The summed E-state index contributed by atoms with van der Waals surface area (Å²) in [5.74, 6) is -0.364. The number of carbonyl (C=O) groups is 1. The molecule has 30 heavy (non-hydrogen) atoms. The number of nitrogens with zero attached hydrogens (tertiary/aromatic N) is 4. The van der Waals surface area contributed by atoms with Crippen molar-refractivity contribution in [3.63, 3.8) is 0 Å². The number of esters is 1. The first-order valence-corrected chi connectivity index (χ1v) is 9.52. The Morgan fingerprint density at radius 1 is 1.40 bits per heavy atom. The van der Waals surface area contributed by atoms with Crippen molar-refractivity contribution < 1.29 is 19.7 Å². The molecule has 2 rings (SSSR count). The van der Waals surface area contributed by atoms with Crippen LogP contribution in [-0.2, 0) is 22.8 Å².